The van der Waals surface area contributed by atoms with E-state index in [0.29, 0.717) is 21.8 Å². The van der Waals surface area contributed by atoms with E-state index in [0.717, 1.165) is 6.42 Å². The Morgan fingerprint density at radius 2 is 2.06 bits per heavy atom. The summed E-state index contributed by atoms with van der Waals surface area (Å²) in [6.07, 6.45) is 0.749. The van der Waals surface area contributed by atoms with Crippen molar-refractivity contribution in [1.29, 1.82) is 0 Å². The third kappa shape index (κ3) is 3.10. The van der Waals surface area contributed by atoms with Gasteiger partial charge >= 0.3 is 0 Å². The van der Waals surface area contributed by atoms with E-state index in [1.165, 1.54) is 0 Å². The molecule has 0 radical (unpaired) electrons. The van der Waals surface area contributed by atoms with E-state index >= 15 is 0 Å². The molecule has 1 heterocycles. The van der Waals surface area contributed by atoms with E-state index < -0.39 is 0 Å². The molecule has 96 valence electrons. The van der Waals surface area contributed by atoms with Gasteiger partial charge in [-0.05, 0) is 39.5 Å². The van der Waals surface area contributed by atoms with E-state index in [1.807, 2.05) is 6.07 Å². The summed E-state index contributed by atoms with van der Waals surface area (Å²) in [6.45, 7) is 6.36. The molecule has 0 bridgehead atoms. The summed E-state index contributed by atoms with van der Waals surface area (Å²) in [4.78, 5) is 4.33. The van der Waals surface area contributed by atoms with Gasteiger partial charge in [0.25, 0.3) is 5.89 Å². The summed E-state index contributed by atoms with van der Waals surface area (Å²) in [6, 6.07) is 5.16. The van der Waals surface area contributed by atoms with Crippen LogP contribution in [0.5, 0.6) is 5.75 Å². The maximum Gasteiger partial charge on any atom is 0.258 e. The molecule has 0 aliphatic heterocycles. The summed E-state index contributed by atoms with van der Waals surface area (Å²) < 4.78 is 5.84. The van der Waals surface area contributed by atoms with Crippen molar-refractivity contribution in [3.63, 3.8) is 0 Å². The number of aromatic nitrogens is 2. The Bertz CT molecular complexity index is 558. The molecule has 0 spiro atoms. The van der Waals surface area contributed by atoms with Gasteiger partial charge < -0.3 is 9.63 Å². The van der Waals surface area contributed by atoms with Crippen molar-refractivity contribution in [3.8, 4) is 17.2 Å². The highest BCUT2D eigenvalue weighted by Crippen LogP contribution is 2.29. The minimum atomic E-state index is 0.114. The molecule has 0 saturated carbocycles. The second-order valence-electron chi connectivity index (χ2n) is 5.42. The molecule has 0 atom stereocenters. The fourth-order valence-electron chi connectivity index (χ4n) is 1.56. The van der Waals surface area contributed by atoms with Crippen LogP contribution in [0.2, 0.25) is 0 Å². The predicted molar refractivity (Wildman–Crippen MR) is 72.3 cm³/mol. The Kier molecular flexibility index (Phi) is 3.43. The molecule has 0 aliphatic rings. The average Bonchev–Trinajstić information content (AvgIpc) is 2.68. The van der Waals surface area contributed by atoms with Gasteiger partial charge in [-0.2, -0.15) is 4.98 Å². The molecule has 1 aromatic heterocycles. The molecule has 2 aromatic rings. The lowest BCUT2D eigenvalue weighted by Crippen LogP contribution is -2.10. The van der Waals surface area contributed by atoms with Gasteiger partial charge in [0.15, 0.2) is 5.82 Å². The molecule has 0 aliphatic carbocycles. The minimum absolute atomic E-state index is 0.114. The molecule has 0 amide bonds. The van der Waals surface area contributed by atoms with Crippen LogP contribution < -0.4 is 0 Å². The van der Waals surface area contributed by atoms with Crippen LogP contribution in [0.25, 0.3) is 11.5 Å². The van der Waals surface area contributed by atoms with Crippen LogP contribution in [0, 0.1) is 5.41 Å². The van der Waals surface area contributed by atoms with Gasteiger partial charge in [-0.25, -0.2) is 0 Å². The van der Waals surface area contributed by atoms with Crippen molar-refractivity contribution in [2.75, 3.05) is 0 Å². The second kappa shape index (κ2) is 4.72. The number of benzene rings is 1. The van der Waals surface area contributed by atoms with Crippen molar-refractivity contribution in [2.24, 2.45) is 5.41 Å². The van der Waals surface area contributed by atoms with Gasteiger partial charge in [-0.1, -0.05) is 25.9 Å². The smallest absolute Gasteiger partial charge is 0.258 e. The molecule has 2 rings (SSSR count). The molecule has 0 fully saturated rings. The normalized spacial score (nSPS) is 11.8. The summed E-state index contributed by atoms with van der Waals surface area (Å²) in [5.41, 5.74) is 0.826. The molecule has 4 nitrogen and oxygen atoms in total. The Balaban J connectivity index is 2.26. The number of aromatic hydroxyl groups is 1. The monoisotopic (exact) mass is 310 g/mol. The third-order valence-corrected chi connectivity index (χ3v) is 3.02. The molecule has 5 heteroatoms. The zero-order chi connectivity index (χ0) is 13.3. The zero-order valence-electron chi connectivity index (χ0n) is 10.6. The Labute approximate surface area is 114 Å². The van der Waals surface area contributed by atoms with Gasteiger partial charge in [0, 0.05) is 12.0 Å². The number of hydrogen-bond acceptors (Lipinski definition) is 4. The lowest BCUT2D eigenvalue weighted by molar-refractivity contribution is 0.374. The number of phenols is 1. The Hall–Kier alpha value is -1.36. The van der Waals surface area contributed by atoms with Crippen molar-refractivity contribution in [3.05, 3.63) is 28.5 Å². The topological polar surface area (TPSA) is 59.2 Å². The van der Waals surface area contributed by atoms with Crippen LogP contribution in [-0.2, 0) is 6.42 Å². The van der Waals surface area contributed by atoms with Crippen LogP contribution in [0.15, 0.2) is 27.2 Å². The Morgan fingerprint density at radius 1 is 1.33 bits per heavy atom. The highest BCUT2D eigenvalue weighted by Gasteiger charge is 2.17. The number of nitrogens with zero attached hydrogens (tertiary/aromatic N) is 2. The van der Waals surface area contributed by atoms with Gasteiger partial charge in [0.2, 0.25) is 0 Å². The maximum absolute atomic E-state index is 9.62. The van der Waals surface area contributed by atoms with Gasteiger partial charge in [0.1, 0.15) is 5.75 Å². The molecule has 1 N–H and O–H groups in total. The van der Waals surface area contributed by atoms with Crippen molar-refractivity contribution in [1.82, 2.24) is 10.1 Å². The lowest BCUT2D eigenvalue weighted by Gasteiger charge is -2.14. The molecular formula is C13H15BrN2O2. The SMILES string of the molecule is CC(C)(C)Cc1noc(-c2ccc(Br)c(O)c2)n1. The number of halogens is 1. The van der Waals surface area contributed by atoms with Crippen LogP contribution in [0.3, 0.4) is 0 Å². The predicted octanol–water partition coefficient (Wildman–Crippen LogP) is 3.79. The van der Waals surface area contributed by atoms with Crippen LogP contribution in [0.1, 0.15) is 26.6 Å². The zero-order valence-corrected chi connectivity index (χ0v) is 12.2. The third-order valence-electron chi connectivity index (χ3n) is 2.35. The van der Waals surface area contributed by atoms with E-state index in [4.69, 9.17) is 4.52 Å². The second-order valence-corrected chi connectivity index (χ2v) is 6.27. The lowest BCUT2D eigenvalue weighted by atomic mass is 9.92. The van der Waals surface area contributed by atoms with Gasteiger partial charge in [0.05, 0.1) is 4.47 Å². The molecule has 0 unspecified atom stereocenters. The average molecular weight is 311 g/mol. The fourth-order valence-corrected chi connectivity index (χ4v) is 1.81. The van der Waals surface area contributed by atoms with Crippen molar-refractivity contribution < 1.29 is 9.63 Å². The number of rotatable bonds is 2. The highest BCUT2D eigenvalue weighted by atomic mass is 79.9. The molecule has 1 aromatic carbocycles. The van der Waals surface area contributed by atoms with Gasteiger partial charge in [-0.3, -0.25) is 0 Å². The van der Waals surface area contributed by atoms with Gasteiger partial charge in [-0.15, -0.1) is 0 Å². The fraction of sp³-hybridized carbons (Fsp3) is 0.385. The number of hydrogen-bond donors (Lipinski definition) is 1. The van der Waals surface area contributed by atoms with E-state index in [9.17, 15) is 5.11 Å². The molecule has 18 heavy (non-hydrogen) atoms. The first-order valence-corrected chi connectivity index (χ1v) is 6.46. The van der Waals surface area contributed by atoms with E-state index in [-0.39, 0.29) is 11.2 Å². The highest BCUT2D eigenvalue weighted by molar-refractivity contribution is 9.10. The summed E-state index contributed by atoms with van der Waals surface area (Å²) in [5.74, 6) is 1.26. The Morgan fingerprint density at radius 3 is 2.67 bits per heavy atom. The minimum Gasteiger partial charge on any atom is -0.507 e. The van der Waals surface area contributed by atoms with Crippen LogP contribution >= 0.6 is 15.9 Å². The molecular weight excluding hydrogens is 296 g/mol. The van der Waals surface area contributed by atoms with Crippen molar-refractivity contribution >= 4 is 15.9 Å². The largest absolute Gasteiger partial charge is 0.507 e. The summed E-state index contributed by atoms with van der Waals surface area (Å²) in [5, 5.41) is 13.6. The van der Waals surface area contributed by atoms with Crippen LogP contribution in [-0.4, -0.2) is 15.2 Å². The van der Waals surface area contributed by atoms with Crippen LogP contribution in [0.4, 0.5) is 0 Å². The summed E-state index contributed by atoms with van der Waals surface area (Å²) >= 11 is 3.23. The van der Waals surface area contributed by atoms with E-state index in [1.54, 1.807) is 12.1 Å². The molecule has 0 saturated heterocycles. The van der Waals surface area contributed by atoms with Crippen molar-refractivity contribution in [2.45, 2.75) is 27.2 Å². The summed E-state index contributed by atoms with van der Waals surface area (Å²) in [7, 11) is 0. The number of phenolic OH excluding ortho intramolecular Hbond substituents is 1. The first-order chi connectivity index (χ1) is 8.35. The quantitative estimate of drug-likeness (QED) is 0.916. The maximum atomic E-state index is 9.62. The standard InChI is InChI=1S/C13H15BrN2O2/c1-13(2,3)7-11-15-12(18-16-11)8-4-5-9(14)10(17)6-8/h4-6,17H,7H2,1-3H3. The van der Waals surface area contributed by atoms with E-state index in [2.05, 4.69) is 46.8 Å². The first kappa shape index (κ1) is 13.1. The first-order valence-electron chi connectivity index (χ1n) is 5.67.